The molecule has 1 aliphatic rings. The van der Waals surface area contributed by atoms with E-state index in [4.69, 9.17) is 9.97 Å². The number of piperidine rings is 1. The van der Waals surface area contributed by atoms with Gasteiger partial charge < -0.3 is 4.57 Å². The Bertz CT molecular complexity index is 885. The maximum absolute atomic E-state index is 4.91. The van der Waals surface area contributed by atoms with Crippen LogP contribution < -0.4 is 0 Å². The summed E-state index contributed by atoms with van der Waals surface area (Å²) >= 11 is 0. The minimum atomic E-state index is 0.609. The van der Waals surface area contributed by atoms with Gasteiger partial charge in [0.15, 0.2) is 0 Å². The number of likely N-dealkylation sites (tertiary alicyclic amines) is 1. The van der Waals surface area contributed by atoms with Crippen molar-refractivity contribution in [1.29, 1.82) is 0 Å². The van der Waals surface area contributed by atoms with Crippen LogP contribution in [0.15, 0.2) is 36.7 Å². The lowest BCUT2D eigenvalue weighted by molar-refractivity contribution is 0.126. The molecular weight excluding hydrogens is 322 g/mol. The van der Waals surface area contributed by atoms with E-state index in [-0.39, 0.29) is 0 Å². The number of benzene rings is 1. The Morgan fingerprint density at radius 2 is 1.88 bits per heavy atom. The molecule has 1 aliphatic heterocycles. The minimum absolute atomic E-state index is 0.609. The second-order valence-electron chi connectivity index (χ2n) is 7.32. The van der Waals surface area contributed by atoms with Crippen LogP contribution in [0.2, 0.25) is 0 Å². The smallest absolute Gasteiger partial charge is 0.105 e. The lowest BCUT2D eigenvalue weighted by Crippen LogP contribution is -2.40. The number of hydrogen-bond donors (Lipinski definition) is 0. The highest BCUT2D eigenvalue weighted by Crippen LogP contribution is 2.23. The summed E-state index contributed by atoms with van der Waals surface area (Å²) in [5.41, 5.74) is 4.16. The normalized spacial score (nSPS) is 18.5. The Hall–Kier alpha value is -2.27. The molecule has 5 nitrogen and oxygen atoms in total. The van der Waals surface area contributed by atoms with Crippen LogP contribution in [0.3, 0.4) is 0 Å². The molecule has 0 N–H and O–H groups in total. The van der Waals surface area contributed by atoms with E-state index in [0.717, 1.165) is 54.3 Å². The average Bonchev–Trinajstić information content (AvgIpc) is 3.06. The number of fused-ring (bicyclic) bond motifs is 1. The predicted octanol–water partition coefficient (Wildman–Crippen LogP) is 3.89. The van der Waals surface area contributed by atoms with E-state index in [9.17, 15) is 0 Å². The Labute approximate surface area is 155 Å². The maximum atomic E-state index is 4.91. The van der Waals surface area contributed by atoms with Crippen molar-refractivity contribution in [2.75, 3.05) is 6.54 Å². The Morgan fingerprint density at radius 3 is 2.65 bits per heavy atom. The molecule has 1 saturated heterocycles. The van der Waals surface area contributed by atoms with Crippen LogP contribution in [-0.4, -0.2) is 37.0 Å². The van der Waals surface area contributed by atoms with Gasteiger partial charge >= 0.3 is 0 Å². The first-order valence-electron chi connectivity index (χ1n) is 9.65. The molecule has 1 fully saturated rings. The third kappa shape index (κ3) is 3.63. The summed E-state index contributed by atoms with van der Waals surface area (Å²) < 4.78 is 2.26. The molecule has 0 aliphatic carbocycles. The molecule has 0 spiro atoms. The highest BCUT2D eigenvalue weighted by molar-refractivity contribution is 5.74. The van der Waals surface area contributed by atoms with E-state index in [1.807, 2.05) is 24.4 Å². The van der Waals surface area contributed by atoms with Crippen LogP contribution in [0.5, 0.6) is 0 Å². The van der Waals surface area contributed by atoms with Gasteiger partial charge in [0.05, 0.1) is 22.4 Å². The third-order valence-electron chi connectivity index (χ3n) is 5.57. The number of nitrogens with zero attached hydrogens (tertiary/aromatic N) is 5. The highest BCUT2D eigenvalue weighted by Gasteiger charge is 2.23. The summed E-state index contributed by atoms with van der Waals surface area (Å²) in [6.45, 7) is 7.25. The fourth-order valence-corrected chi connectivity index (χ4v) is 3.99. The van der Waals surface area contributed by atoms with Crippen molar-refractivity contribution in [3.8, 4) is 0 Å². The highest BCUT2D eigenvalue weighted by atomic mass is 15.2. The predicted molar refractivity (Wildman–Crippen MR) is 104 cm³/mol. The molecule has 26 heavy (non-hydrogen) atoms. The molecule has 0 radical (unpaired) electrons. The molecule has 3 aromatic rings. The summed E-state index contributed by atoms with van der Waals surface area (Å²) in [6, 6.07) is 8.76. The van der Waals surface area contributed by atoms with Gasteiger partial charge in [0.1, 0.15) is 5.82 Å². The number of hydrogen-bond acceptors (Lipinski definition) is 4. The monoisotopic (exact) mass is 349 g/mol. The van der Waals surface area contributed by atoms with Crippen LogP contribution in [0.1, 0.15) is 42.9 Å². The van der Waals surface area contributed by atoms with Crippen LogP contribution >= 0.6 is 0 Å². The summed E-state index contributed by atoms with van der Waals surface area (Å²) in [7, 11) is 0. The topological polar surface area (TPSA) is 46.8 Å². The second-order valence-corrected chi connectivity index (χ2v) is 7.32. The SMILES string of the molecule is Cc1nc2ccccc2nc1CN1CCCC[C@@H]1CCn1ccnc1C. The molecule has 3 heterocycles. The first kappa shape index (κ1) is 17.2. The first-order chi connectivity index (χ1) is 12.7. The van der Waals surface area contributed by atoms with E-state index in [0.29, 0.717) is 6.04 Å². The van der Waals surface area contributed by atoms with Crippen LogP contribution in [0, 0.1) is 13.8 Å². The van der Waals surface area contributed by atoms with E-state index in [1.165, 1.54) is 19.3 Å². The molecule has 5 heteroatoms. The molecule has 0 bridgehead atoms. The van der Waals surface area contributed by atoms with Crippen molar-refractivity contribution in [2.45, 2.75) is 58.7 Å². The number of para-hydroxylation sites is 2. The van der Waals surface area contributed by atoms with Gasteiger partial charge in [-0.25, -0.2) is 15.0 Å². The van der Waals surface area contributed by atoms with Gasteiger partial charge in [-0.3, -0.25) is 4.90 Å². The van der Waals surface area contributed by atoms with Gasteiger partial charge in [-0.2, -0.15) is 0 Å². The standard InChI is InChI=1S/C21H27N5/c1-16-21(24-20-9-4-3-8-19(20)23-16)15-26-12-6-5-7-18(26)10-13-25-14-11-22-17(25)2/h3-4,8-9,11,14,18H,5-7,10,12-13,15H2,1-2H3/t18-/m1/s1. The van der Waals surface area contributed by atoms with E-state index >= 15 is 0 Å². The number of aromatic nitrogens is 4. The molecule has 0 unspecified atom stereocenters. The fraction of sp³-hybridized carbons (Fsp3) is 0.476. The largest absolute Gasteiger partial charge is 0.335 e. The van der Waals surface area contributed by atoms with Crippen LogP contribution in [0.4, 0.5) is 0 Å². The summed E-state index contributed by atoms with van der Waals surface area (Å²) in [6.07, 6.45) is 9.02. The van der Waals surface area contributed by atoms with E-state index in [2.05, 4.69) is 40.6 Å². The molecule has 0 saturated carbocycles. The molecule has 1 aromatic carbocycles. The zero-order valence-corrected chi connectivity index (χ0v) is 15.7. The fourth-order valence-electron chi connectivity index (χ4n) is 3.99. The van der Waals surface area contributed by atoms with Crippen LogP contribution in [-0.2, 0) is 13.1 Å². The van der Waals surface area contributed by atoms with Crippen molar-refractivity contribution in [3.05, 3.63) is 53.9 Å². The lowest BCUT2D eigenvalue weighted by Gasteiger charge is -2.36. The first-order valence-corrected chi connectivity index (χ1v) is 9.65. The van der Waals surface area contributed by atoms with Crippen molar-refractivity contribution in [3.63, 3.8) is 0 Å². The minimum Gasteiger partial charge on any atom is -0.335 e. The lowest BCUT2D eigenvalue weighted by atomic mass is 9.98. The van der Waals surface area contributed by atoms with Gasteiger partial charge in [0.25, 0.3) is 0 Å². The van der Waals surface area contributed by atoms with Gasteiger partial charge in [-0.05, 0) is 51.8 Å². The Balaban J connectivity index is 1.49. The van der Waals surface area contributed by atoms with Crippen molar-refractivity contribution < 1.29 is 0 Å². The third-order valence-corrected chi connectivity index (χ3v) is 5.57. The molecule has 1 atom stereocenters. The van der Waals surface area contributed by atoms with Crippen molar-refractivity contribution >= 4 is 11.0 Å². The average molecular weight is 349 g/mol. The maximum Gasteiger partial charge on any atom is 0.105 e. The summed E-state index contributed by atoms with van der Waals surface area (Å²) in [4.78, 5) is 16.6. The van der Waals surface area contributed by atoms with Crippen LogP contribution in [0.25, 0.3) is 11.0 Å². The summed E-state index contributed by atoms with van der Waals surface area (Å²) in [5, 5.41) is 0. The quantitative estimate of drug-likeness (QED) is 0.701. The molecule has 136 valence electrons. The zero-order valence-electron chi connectivity index (χ0n) is 15.7. The second kappa shape index (κ2) is 7.54. The molecule has 0 amide bonds. The van der Waals surface area contributed by atoms with Gasteiger partial charge in [-0.1, -0.05) is 18.6 Å². The molecule has 4 rings (SSSR count). The molecular formula is C21H27N5. The van der Waals surface area contributed by atoms with Gasteiger partial charge in [0, 0.05) is 31.5 Å². The van der Waals surface area contributed by atoms with Crippen molar-refractivity contribution in [2.24, 2.45) is 0 Å². The van der Waals surface area contributed by atoms with E-state index in [1.54, 1.807) is 0 Å². The van der Waals surface area contributed by atoms with Gasteiger partial charge in [0.2, 0.25) is 0 Å². The zero-order chi connectivity index (χ0) is 17.9. The summed E-state index contributed by atoms with van der Waals surface area (Å²) in [5.74, 6) is 1.10. The molecule has 2 aromatic heterocycles. The number of aryl methyl sites for hydroxylation is 3. The van der Waals surface area contributed by atoms with E-state index < -0.39 is 0 Å². The Morgan fingerprint density at radius 1 is 1.08 bits per heavy atom. The number of rotatable bonds is 5. The van der Waals surface area contributed by atoms with Crippen molar-refractivity contribution in [1.82, 2.24) is 24.4 Å². The number of imidazole rings is 1. The Kier molecular flexibility index (Phi) is 4.98. The van der Waals surface area contributed by atoms with Gasteiger partial charge in [-0.15, -0.1) is 0 Å².